The van der Waals surface area contributed by atoms with Gasteiger partial charge in [-0.1, -0.05) is 12.8 Å². The number of methoxy groups -OCH3 is 2. The number of aromatic nitrogens is 2. The number of carbonyl (C=O) groups excluding carboxylic acids is 2. The van der Waals surface area contributed by atoms with E-state index in [1.807, 2.05) is 7.05 Å². The van der Waals surface area contributed by atoms with Crippen molar-refractivity contribution in [3.8, 4) is 5.75 Å². The van der Waals surface area contributed by atoms with Gasteiger partial charge in [0.15, 0.2) is 5.82 Å². The Bertz CT molecular complexity index is 1300. The lowest BCUT2D eigenvalue weighted by atomic mass is 9.93. The predicted molar refractivity (Wildman–Crippen MR) is 157 cm³/mol. The number of fused-ring (bicyclic) bond motifs is 1. The van der Waals surface area contributed by atoms with Gasteiger partial charge in [-0.15, -0.1) is 0 Å². The zero-order valence-electron chi connectivity index (χ0n) is 24.3. The van der Waals surface area contributed by atoms with Gasteiger partial charge in [0, 0.05) is 38.3 Å². The fraction of sp³-hybridized carbons (Fsp3) is 0.600. The minimum Gasteiger partial charge on any atom is -0.494 e. The topological polar surface area (TPSA) is 126 Å². The molecule has 0 atom stereocenters. The molecule has 1 spiro atoms. The number of anilines is 4. The SMILES string of the molecule is COc1cc(C(=O)NC2CCC(OC)CC2)ccc1N(N)c1ncc2c(n1)N(C1CCCC1)CC1(CC1)C(=O)N2C. The minimum absolute atomic E-state index is 0.126. The summed E-state index contributed by atoms with van der Waals surface area (Å²) in [7, 11) is 5.11. The van der Waals surface area contributed by atoms with Crippen LogP contribution < -0.4 is 30.7 Å². The van der Waals surface area contributed by atoms with Crippen LogP contribution in [0, 0.1) is 5.41 Å². The molecule has 1 aromatic heterocycles. The van der Waals surface area contributed by atoms with Gasteiger partial charge in [-0.2, -0.15) is 4.98 Å². The van der Waals surface area contributed by atoms with Crippen LogP contribution in [0.4, 0.5) is 23.1 Å². The maximum absolute atomic E-state index is 13.4. The Kier molecular flexibility index (Phi) is 7.50. The molecular formula is C30H41N7O4. The molecule has 11 heteroatoms. The highest BCUT2D eigenvalue weighted by molar-refractivity contribution is 6.03. The fourth-order valence-corrected chi connectivity index (χ4v) is 6.73. The summed E-state index contributed by atoms with van der Waals surface area (Å²) in [4.78, 5) is 40.0. The molecule has 3 saturated carbocycles. The quantitative estimate of drug-likeness (QED) is 0.383. The Hall–Kier alpha value is -3.44. The molecule has 6 rings (SSSR count). The van der Waals surface area contributed by atoms with Crippen LogP contribution in [0.2, 0.25) is 0 Å². The number of carbonyl (C=O) groups is 2. The second kappa shape index (κ2) is 11.1. The first kappa shape index (κ1) is 27.7. The van der Waals surface area contributed by atoms with Gasteiger partial charge in [0.25, 0.3) is 5.91 Å². The van der Waals surface area contributed by atoms with E-state index in [1.54, 1.807) is 43.5 Å². The van der Waals surface area contributed by atoms with Crippen molar-refractivity contribution in [3.63, 3.8) is 0 Å². The molecule has 3 N–H and O–H groups in total. The van der Waals surface area contributed by atoms with Gasteiger partial charge in [-0.3, -0.25) is 9.59 Å². The molecule has 2 heterocycles. The van der Waals surface area contributed by atoms with Crippen LogP contribution >= 0.6 is 0 Å². The molecule has 1 aromatic carbocycles. The summed E-state index contributed by atoms with van der Waals surface area (Å²) in [5.41, 5.74) is 1.41. The van der Waals surface area contributed by atoms with Crippen LogP contribution in [0.5, 0.6) is 5.75 Å². The molecule has 0 bridgehead atoms. The van der Waals surface area contributed by atoms with Crippen LogP contribution in [0.25, 0.3) is 0 Å². The van der Waals surface area contributed by atoms with Crippen molar-refractivity contribution in [1.82, 2.24) is 15.3 Å². The van der Waals surface area contributed by atoms with Crippen molar-refractivity contribution in [2.24, 2.45) is 11.3 Å². The van der Waals surface area contributed by atoms with Crippen LogP contribution in [-0.4, -0.2) is 67.8 Å². The molecule has 2 amide bonds. The van der Waals surface area contributed by atoms with Gasteiger partial charge >= 0.3 is 0 Å². The van der Waals surface area contributed by atoms with Gasteiger partial charge in [0.1, 0.15) is 17.1 Å². The number of rotatable bonds is 7. The third kappa shape index (κ3) is 5.21. The van der Waals surface area contributed by atoms with E-state index in [0.717, 1.165) is 57.2 Å². The summed E-state index contributed by atoms with van der Waals surface area (Å²) in [5.74, 6) is 8.09. The number of nitrogens with zero attached hydrogens (tertiary/aromatic N) is 5. The van der Waals surface area contributed by atoms with Crippen molar-refractivity contribution in [3.05, 3.63) is 30.0 Å². The highest BCUT2D eigenvalue weighted by atomic mass is 16.5. The molecule has 220 valence electrons. The molecule has 0 saturated heterocycles. The van der Waals surface area contributed by atoms with Crippen LogP contribution in [0.3, 0.4) is 0 Å². The highest BCUT2D eigenvalue weighted by Gasteiger charge is 2.55. The standard InChI is InChI=1S/C30H41N7O4/c1-35-24-17-32-29(34-26(24)36(21-6-4-5-7-21)18-30(14-15-30)28(35)39)37(31)23-13-8-19(16-25(23)41-3)27(38)33-20-9-11-22(40-2)12-10-20/h8,13,16-17,20-22H,4-7,9-12,14-15,18,31H2,1-3H3,(H,33,38). The number of nitrogens with two attached hydrogens (primary N) is 1. The molecule has 0 radical (unpaired) electrons. The van der Waals surface area contributed by atoms with Crippen molar-refractivity contribution in [2.45, 2.75) is 82.4 Å². The minimum atomic E-state index is -0.330. The predicted octanol–water partition coefficient (Wildman–Crippen LogP) is 3.69. The second-order valence-corrected chi connectivity index (χ2v) is 12.0. The number of ether oxygens (including phenoxy) is 2. The van der Waals surface area contributed by atoms with E-state index >= 15 is 0 Å². The number of benzene rings is 1. The van der Waals surface area contributed by atoms with Gasteiger partial charge in [0.05, 0.1) is 24.8 Å². The van der Waals surface area contributed by atoms with Crippen LogP contribution in [-0.2, 0) is 9.53 Å². The Morgan fingerprint density at radius 2 is 1.85 bits per heavy atom. The first-order chi connectivity index (χ1) is 19.8. The largest absolute Gasteiger partial charge is 0.494 e. The lowest BCUT2D eigenvalue weighted by molar-refractivity contribution is -0.122. The molecule has 4 aliphatic rings. The summed E-state index contributed by atoms with van der Waals surface area (Å²) >= 11 is 0. The summed E-state index contributed by atoms with van der Waals surface area (Å²) in [6.07, 6.45) is 12.0. The summed E-state index contributed by atoms with van der Waals surface area (Å²) < 4.78 is 11.1. The number of hydrazine groups is 1. The van der Waals surface area contributed by atoms with E-state index < -0.39 is 0 Å². The lowest BCUT2D eigenvalue weighted by Crippen LogP contribution is -2.41. The zero-order chi connectivity index (χ0) is 28.7. The molecule has 2 aromatic rings. The molecule has 0 unspecified atom stereocenters. The summed E-state index contributed by atoms with van der Waals surface area (Å²) in [6.45, 7) is 0.676. The van der Waals surface area contributed by atoms with Crippen molar-refractivity contribution in [1.29, 1.82) is 0 Å². The Morgan fingerprint density at radius 3 is 2.51 bits per heavy atom. The molecule has 41 heavy (non-hydrogen) atoms. The van der Waals surface area contributed by atoms with Crippen LogP contribution in [0.1, 0.15) is 74.6 Å². The monoisotopic (exact) mass is 563 g/mol. The van der Waals surface area contributed by atoms with E-state index in [4.69, 9.17) is 20.3 Å². The summed E-state index contributed by atoms with van der Waals surface area (Å²) in [6, 6.07) is 5.67. The third-order valence-electron chi connectivity index (χ3n) is 9.48. The Labute approximate surface area is 241 Å². The van der Waals surface area contributed by atoms with Gasteiger partial charge in [-0.25, -0.2) is 15.8 Å². The second-order valence-electron chi connectivity index (χ2n) is 12.0. The number of amides is 2. The Balaban J connectivity index is 1.25. The average molecular weight is 564 g/mol. The molecule has 3 aliphatic carbocycles. The van der Waals surface area contributed by atoms with E-state index in [0.29, 0.717) is 41.2 Å². The first-order valence-electron chi connectivity index (χ1n) is 14.8. The van der Waals surface area contributed by atoms with Crippen LogP contribution in [0.15, 0.2) is 24.4 Å². The first-order valence-corrected chi connectivity index (χ1v) is 14.8. The van der Waals surface area contributed by atoms with Crippen molar-refractivity contribution in [2.75, 3.05) is 42.6 Å². The van der Waals surface area contributed by atoms with E-state index in [-0.39, 0.29) is 29.4 Å². The summed E-state index contributed by atoms with van der Waals surface area (Å²) in [5, 5.41) is 4.53. The van der Waals surface area contributed by atoms with Crippen molar-refractivity contribution < 1.29 is 19.1 Å². The van der Waals surface area contributed by atoms with Gasteiger partial charge in [0.2, 0.25) is 11.9 Å². The zero-order valence-corrected chi connectivity index (χ0v) is 24.3. The molecule has 11 nitrogen and oxygen atoms in total. The highest BCUT2D eigenvalue weighted by Crippen LogP contribution is 2.52. The van der Waals surface area contributed by atoms with E-state index in [1.165, 1.54) is 17.9 Å². The third-order valence-corrected chi connectivity index (χ3v) is 9.48. The van der Waals surface area contributed by atoms with E-state index in [2.05, 4.69) is 15.2 Å². The number of hydrogen-bond acceptors (Lipinski definition) is 9. The average Bonchev–Trinajstić information content (AvgIpc) is 3.61. The maximum Gasteiger partial charge on any atom is 0.251 e. The molecule has 1 aliphatic heterocycles. The number of nitrogens with one attached hydrogen (secondary N) is 1. The smallest absolute Gasteiger partial charge is 0.251 e. The number of hydrogen-bond donors (Lipinski definition) is 2. The molecular weight excluding hydrogens is 522 g/mol. The maximum atomic E-state index is 13.4. The van der Waals surface area contributed by atoms with Gasteiger partial charge < -0.3 is 24.6 Å². The normalized spacial score (nSPS) is 23.8. The lowest BCUT2D eigenvalue weighted by Gasteiger charge is -2.32. The van der Waals surface area contributed by atoms with Gasteiger partial charge in [-0.05, 0) is 69.6 Å². The van der Waals surface area contributed by atoms with Crippen molar-refractivity contribution >= 4 is 35.0 Å². The Morgan fingerprint density at radius 1 is 1.12 bits per heavy atom. The fourth-order valence-electron chi connectivity index (χ4n) is 6.73. The van der Waals surface area contributed by atoms with E-state index in [9.17, 15) is 9.59 Å². The molecule has 3 fully saturated rings.